The summed E-state index contributed by atoms with van der Waals surface area (Å²) in [5.74, 6) is -2.62. The molecule has 2 atom stereocenters. The molecular weight excluding hydrogens is 347 g/mol. The summed E-state index contributed by atoms with van der Waals surface area (Å²) < 4.78 is 31.8. The Bertz CT molecular complexity index is 462. The van der Waals surface area contributed by atoms with Gasteiger partial charge in [-0.25, -0.2) is 13.6 Å². The summed E-state index contributed by atoms with van der Waals surface area (Å²) in [7, 11) is 0. The molecule has 0 bridgehead atoms. The number of phenols is 1. The minimum Gasteiger partial charge on any atom is -0.506 e. The van der Waals surface area contributed by atoms with E-state index in [1.54, 1.807) is 0 Å². The molecule has 0 amide bonds. The number of phenolic OH excluding ortho intramolecular Hbond substituents is 1. The van der Waals surface area contributed by atoms with Crippen LogP contribution < -0.4 is 5.73 Å². The Morgan fingerprint density at radius 3 is 2.68 bits per heavy atom. The van der Waals surface area contributed by atoms with Crippen molar-refractivity contribution >= 4 is 34.3 Å². The molecule has 0 aromatic heterocycles. The van der Waals surface area contributed by atoms with Gasteiger partial charge in [-0.05, 0) is 35.0 Å². The van der Waals surface area contributed by atoms with E-state index in [0.717, 1.165) is 6.07 Å². The van der Waals surface area contributed by atoms with Gasteiger partial charge in [-0.3, -0.25) is 0 Å². The molecule has 0 spiro atoms. The van der Waals surface area contributed by atoms with Crippen LogP contribution in [0.1, 0.15) is 18.5 Å². The molecule has 1 aromatic rings. The summed E-state index contributed by atoms with van der Waals surface area (Å²) in [6, 6.07) is 0.622. The van der Waals surface area contributed by atoms with Gasteiger partial charge in [0, 0.05) is 0 Å². The van der Waals surface area contributed by atoms with Crippen LogP contribution in [0.15, 0.2) is 16.6 Å². The fraction of sp³-hybridized carbons (Fsp3) is 0.364. The number of ether oxygens (including phenoxy) is 1. The van der Waals surface area contributed by atoms with Crippen LogP contribution >= 0.6 is 28.3 Å². The molecule has 0 aliphatic rings. The molecule has 0 saturated heterocycles. The van der Waals surface area contributed by atoms with Crippen LogP contribution in [0.5, 0.6) is 5.75 Å². The zero-order valence-corrected chi connectivity index (χ0v) is 12.3. The fourth-order valence-electron chi connectivity index (χ4n) is 1.39. The number of hydrogen-bond acceptors (Lipinski definition) is 4. The van der Waals surface area contributed by atoms with Crippen LogP contribution in [0.3, 0.4) is 0 Å². The van der Waals surface area contributed by atoms with Gasteiger partial charge in [-0.2, -0.15) is 0 Å². The van der Waals surface area contributed by atoms with Crippen molar-refractivity contribution in [3.63, 3.8) is 0 Å². The molecule has 108 valence electrons. The highest BCUT2D eigenvalue weighted by atomic mass is 79.9. The van der Waals surface area contributed by atoms with Crippen molar-refractivity contribution in [1.82, 2.24) is 0 Å². The van der Waals surface area contributed by atoms with E-state index >= 15 is 0 Å². The number of alkyl halides is 1. The second-order valence-corrected chi connectivity index (χ2v) is 4.33. The molecule has 0 heterocycles. The highest BCUT2D eigenvalue weighted by Gasteiger charge is 2.32. The molecule has 1 unspecified atom stereocenters. The van der Waals surface area contributed by atoms with Gasteiger partial charge in [0.15, 0.2) is 0 Å². The molecule has 1 rings (SSSR count). The lowest BCUT2D eigenvalue weighted by molar-refractivity contribution is -0.150. The third-order valence-corrected chi connectivity index (χ3v) is 2.91. The lowest BCUT2D eigenvalue weighted by Gasteiger charge is -2.18. The lowest BCUT2D eigenvalue weighted by Crippen LogP contribution is -2.32. The summed E-state index contributed by atoms with van der Waals surface area (Å²) in [4.78, 5) is 11.2. The van der Waals surface area contributed by atoms with Crippen molar-refractivity contribution in [3.05, 3.63) is 28.0 Å². The number of benzene rings is 1. The van der Waals surface area contributed by atoms with Crippen molar-refractivity contribution in [2.45, 2.75) is 19.1 Å². The maximum Gasteiger partial charge on any atom is 0.342 e. The van der Waals surface area contributed by atoms with Gasteiger partial charge in [-0.15, -0.1) is 12.4 Å². The second-order valence-electron chi connectivity index (χ2n) is 3.47. The van der Waals surface area contributed by atoms with Crippen LogP contribution in [0.25, 0.3) is 0 Å². The average Bonchev–Trinajstić information content (AvgIpc) is 2.33. The molecule has 8 heteroatoms. The molecule has 19 heavy (non-hydrogen) atoms. The number of halogens is 4. The maximum absolute atomic E-state index is 13.7. The normalized spacial score (nSPS) is 13.3. The zero-order chi connectivity index (χ0) is 13.9. The minimum atomic E-state index is -2.25. The summed E-state index contributed by atoms with van der Waals surface area (Å²) in [5.41, 5.74) is 4.98. The molecule has 0 fully saturated rings. The van der Waals surface area contributed by atoms with Crippen LogP contribution in [-0.2, 0) is 9.53 Å². The third kappa shape index (κ3) is 4.02. The zero-order valence-electron chi connectivity index (χ0n) is 9.90. The van der Waals surface area contributed by atoms with Crippen LogP contribution in [0.4, 0.5) is 8.78 Å². The first-order chi connectivity index (χ1) is 8.40. The summed E-state index contributed by atoms with van der Waals surface area (Å²) in [6.45, 7) is 1.49. The molecular formula is C11H13BrClF2NO3. The number of hydrogen-bond donors (Lipinski definition) is 2. The monoisotopic (exact) mass is 359 g/mol. The van der Waals surface area contributed by atoms with Crippen LogP contribution in [0, 0.1) is 5.82 Å². The molecule has 3 N–H and O–H groups in total. The Morgan fingerprint density at radius 2 is 2.16 bits per heavy atom. The SMILES string of the molecule is CCOC(=O)C(F)[C@H](N)c1c(F)ccc(Br)c1O.Cl. The number of rotatable bonds is 4. The summed E-state index contributed by atoms with van der Waals surface area (Å²) in [6.07, 6.45) is -2.25. The van der Waals surface area contributed by atoms with E-state index in [9.17, 15) is 18.7 Å². The molecule has 0 aliphatic carbocycles. The fourth-order valence-corrected chi connectivity index (χ4v) is 1.73. The van der Waals surface area contributed by atoms with E-state index in [4.69, 9.17) is 5.73 Å². The van der Waals surface area contributed by atoms with Gasteiger partial charge in [0.2, 0.25) is 6.17 Å². The Hall–Kier alpha value is -0.920. The van der Waals surface area contributed by atoms with Crippen LogP contribution in [-0.4, -0.2) is 23.9 Å². The molecule has 0 saturated carbocycles. The third-order valence-electron chi connectivity index (χ3n) is 2.28. The number of nitrogens with two attached hydrogens (primary N) is 1. The Balaban J connectivity index is 0.00000324. The topological polar surface area (TPSA) is 72.5 Å². The Morgan fingerprint density at radius 1 is 1.58 bits per heavy atom. The standard InChI is InChI=1S/C11H12BrF2NO3.ClH/c1-2-18-11(17)8(14)9(15)7-6(13)4-3-5(12)10(7)16;/h3-4,8-9,16H,2,15H2,1H3;1H/t8?,9-;/m1./s1. The van der Waals surface area contributed by atoms with Gasteiger partial charge in [0.1, 0.15) is 11.6 Å². The highest BCUT2D eigenvalue weighted by Crippen LogP contribution is 2.35. The quantitative estimate of drug-likeness (QED) is 0.810. The smallest absolute Gasteiger partial charge is 0.342 e. The second kappa shape index (κ2) is 7.62. The molecule has 1 aromatic carbocycles. The van der Waals surface area contributed by atoms with E-state index in [0.29, 0.717) is 0 Å². The first kappa shape index (κ1) is 18.1. The van der Waals surface area contributed by atoms with Gasteiger partial charge >= 0.3 is 5.97 Å². The first-order valence-electron chi connectivity index (χ1n) is 5.13. The van der Waals surface area contributed by atoms with Gasteiger partial charge in [0.05, 0.1) is 22.7 Å². The van der Waals surface area contributed by atoms with Gasteiger partial charge < -0.3 is 15.6 Å². The predicted octanol–water partition coefficient (Wildman–Crippen LogP) is 2.62. The lowest BCUT2D eigenvalue weighted by atomic mass is 10.0. The summed E-state index contributed by atoms with van der Waals surface area (Å²) in [5, 5.41) is 9.62. The van der Waals surface area contributed by atoms with Gasteiger partial charge in [-0.1, -0.05) is 0 Å². The van der Waals surface area contributed by atoms with E-state index in [-0.39, 0.29) is 23.5 Å². The van der Waals surface area contributed by atoms with Crippen molar-refractivity contribution in [2.75, 3.05) is 6.61 Å². The van der Waals surface area contributed by atoms with E-state index < -0.39 is 35.3 Å². The minimum absolute atomic E-state index is 0. The number of carbonyl (C=O) groups excluding carboxylic acids is 1. The molecule has 0 radical (unpaired) electrons. The van der Waals surface area contributed by atoms with E-state index in [1.165, 1.54) is 13.0 Å². The molecule has 0 aliphatic heterocycles. The predicted molar refractivity (Wildman–Crippen MR) is 71.5 cm³/mol. The summed E-state index contributed by atoms with van der Waals surface area (Å²) >= 11 is 2.95. The van der Waals surface area contributed by atoms with Crippen LogP contribution in [0.2, 0.25) is 0 Å². The van der Waals surface area contributed by atoms with E-state index in [1.807, 2.05) is 0 Å². The number of aromatic hydroxyl groups is 1. The Kier molecular flexibility index (Phi) is 7.25. The van der Waals surface area contributed by atoms with Crippen molar-refractivity contribution < 1.29 is 23.4 Å². The average molecular weight is 361 g/mol. The van der Waals surface area contributed by atoms with Crippen molar-refractivity contribution in [3.8, 4) is 5.75 Å². The van der Waals surface area contributed by atoms with Gasteiger partial charge in [0.25, 0.3) is 0 Å². The first-order valence-corrected chi connectivity index (χ1v) is 5.92. The molecule has 4 nitrogen and oxygen atoms in total. The van der Waals surface area contributed by atoms with Crippen molar-refractivity contribution in [2.24, 2.45) is 5.73 Å². The maximum atomic E-state index is 13.7. The van der Waals surface area contributed by atoms with Crippen molar-refractivity contribution in [1.29, 1.82) is 0 Å². The largest absolute Gasteiger partial charge is 0.506 e. The van der Waals surface area contributed by atoms with E-state index in [2.05, 4.69) is 20.7 Å². The Labute approximate surface area is 123 Å². The number of esters is 1. The highest BCUT2D eigenvalue weighted by molar-refractivity contribution is 9.10. The number of carbonyl (C=O) groups is 1.